The predicted octanol–water partition coefficient (Wildman–Crippen LogP) is 2.87. The van der Waals surface area contributed by atoms with Gasteiger partial charge in [-0.05, 0) is 38.8 Å². The summed E-state index contributed by atoms with van der Waals surface area (Å²) in [7, 11) is -3.53. The van der Waals surface area contributed by atoms with E-state index in [1.54, 1.807) is 6.07 Å². The molecule has 8 heteroatoms. The van der Waals surface area contributed by atoms with Crippen LogP contribution in [0.2, 0.25) is 0 Å². The third kappa shape index (κ3) is 3.63. The Hall–Kier alpha value is -0.960. The van der Waals surface area contributed by atoms with Crippen molar-refractivity contribution in [2.75, 3.05) is 4.72 Å². The highest BCUT2D eigenvalue weighted by atomic mass is 32.2. The Bertz CT molecular complexity index is 725. The smallest absolute Gasteiger partial charge is 0.273 e. The van der Waals surface area contributed by atoms with Crippen molar-refractivity contribution in [2.45, 2.75) is 43.5 Å². The maximum atomic E-state index is 12.3. The summed E-state index contributed by atoms with van der Waals surface area (Å²) in [5, 5.41) is 3.81. The number of nitrogens with one attached hydrogen (secondary N) is 2. The number of hydrogen-bond acceptors (Lipinski definition) is 6. The molecule has 5 nitrogen and oxygen atoms in total. The summed E-state index contributed by atoms with van der Waals surface area (Å²) < 4.78 is 27.6. The van der Waals surface area contributed by atoms with Gasteiger partial charge in [-0.25, -0.2) is 13.4 Å². The second-order valence-electron chi connectivity index (χ2n) is 5.14. The monoisotopic (exact) mass is 343 g/mol. The van der Waals surface area contributed by atoms with Crippen LogP contribution in [-0.2, 0) is 16.6 Å². The van der Waals surface area contributed by atoms with Crippen molar-refractivity contribution in [2.24, 2.45) is 0 Å². The van der Waals surface area contributed by atoms with Crippen LogP contribution < -0.4 is 10.0 Å². The van der Waals surface area contributed by atoms with E-state index >= 15 is 0 Å². The predicted molar refractivity (Wildman–Crippen MR) is 86.6 cm³/mol. The molecule has 2 aromatic rings. The number of thiazole rings is 1. The molecular weight excluding hydrogens is 326 g/mol. The fourth-order valence-electron chi connectivity index (χ4n) is 1.81. The zero-order valence-corrected chi connectivity index (χ0v) is 14.3. The first kappa shape index (κ1) is 15.0. The minimum atomic E-state index is -3.53. The summed E-state index contributed by atoms with van der Waals surface area (Å²) in [4.78, 5) is 6.27. The molecule has 3 rings (SSSR count). The van der Waals surface area contributed by atoms with Crippen molar-refractivity contribution in [1.29, 1.82) is 0 Å². The van der Waals surface area contributed by atoms with Crippen LogP contribution in [0.5, 0.6) is 0 Å². The van der Waals surface area contributed by atoms with Gasteiger partial charge in [-0.2, -0.15) is 0 Å². The summed E-state index contributed by atoms with van der Waals surface area (Å²) in [6, 6.07) is 4.14. The van der Waals surface area contributed by atoms with Crippen LogP contribution in [0.25, 0.3) is 0 Å². The number of aromatic nitrogens is 1. The fraction of sp³-hybridized carbons (Fsp3) is 0.462. The van der Waals surface area contributed by atoms with Crippen LogP contribution in [0.3, 0.4) is 0 Å². The molecule has 0 aromatic carbocycles. The van der Waals surface area contributed by atoms with Crippen LogP contribution >= 0.6 is 22.7 Å². The van der Waals surface area contributed by atoms with Gasteiger partial charge in [0.2, 0.25) is 0 Å². The van der Waals surface area contributed by atoms with Crippen LogP contribution in [0.1, 0.15) is 28.3 Å². The first-order chi connectivity index (χ1) is 9.94. The molecule has 1 fully saturated rings. The average molecular weight is 343 g/mol. The van der Waals surface area contributed by atoms with E-state index in [-0.39, 0.29) is 0 Å². The standard InChI is InChI=1S/C13H17N3O2S3/c1-8-9(2)19-13(15-8)16-21(17,18)12-6-5-11(20-12)7-14-10-3-4-10/h5-6,10,14H,3-4,7H2,1-2H3,(H,15,16). The molecule has 0 unspecified atom stereocenters. The minimum Gasteiger partial charge on any atom is -0.309 e. The highest BCUT2D eigenvalue weighted by Gasteiger charge is 2.22. The minimum absolute atomic E-state index is 0.334. The highest BCUT2D eigenvalue weighted by molar-refractivity contribution is 7.94. The SMILES string of the molecule is Cc1nc(NS(=O)(=O)c2ccc(CNC3CC3)s2)sc1C. The van der Waals surface area contributed by atoms with E-state index < -0.39 is 10.0 Å². The molecule has 0 atom stereocenters. The number of sulfonamides is 1. The molecule has 1 aliphatic rings. The summed E-state index contributed by atoms with van der Waals surface area (Å²) in [5.41, 5.74) is 0.859. The van der Waals surface area contributed by atoms with Crippen molar-refractivity contribution >= 4 is 37.8 Å². The van der Waals surface area contributed by atoms with Gasteiger partial charge in [0.05, 0.1) is 5.69 Å². The summed E-state index contributed by atoms with van der Waals surface area (Å²) in [6.45, 7) is 4.54. The fourth-order valence-corrected chi connectivity index (χ4v) is 5.17. The van der Waals surface area contributed by atoms with Gasteiger partial charge in [-0.1, -0.05) is 0 Å². The zero-order valence-electron chi connectivity index (χ0n) is 11.8. The molecule has 0 amide bonds. The van der Waals surface area contributed by atoms with E-state index in [1.807, 2.05) is 19.9 Å². The molecule has 0 spiro atoms. The molecule has 114 valence electrons. The Kier molecular flexibility index (Phi) is 4.04. The van der Waals surface area contributed by atoms with Crippen LogP contribution in [0.4, 0.5) is 5.13 Å². The first-order valence-electron chi connectivity index (χ1n) is 6.73. The van der Waals surface area contributed by atoms with E-state index in [0.717, 1.165) is 22.0 Å². The van der Waals surface area contributed by atoms with Gasteiger partial charge in [0, 0.05) is 22.3 Å². The summed E-state index contributed by atoms with van der Waals surface area (Å²) in [5.74, 6) is 0. The Labute approximate surface area is 132 Å². The first-order valence-corrected chi connectivity index (χ1v) is 9.84. The third-order valence-corrected chi connectivity index (χ3v) is 7.33. The molecule has 2 aromatic heterocycles. The third-order valence-electron chi connectivity index (χ3n) is 3.29. The maximum absolute atomic E-state index is 12.3. The number of rotatable bonds is 6. The van der Waals surface area contributed by atoms with Crippen molar-refractivity contribution in [1.82, 2.24) is 10.3 Å². The van der Waals surface area contributed by atoms with Gasteiger partial charge in [0.15, 0.2) is 5.13 Å². The number of thiophene rings is 1. The van der Waals surface area contributed by atoms with Gasteiger partial charge in [-0.15, -0.1) is 22.7 Å². The Balaban J connectivity index is 1.71. The molecule has 0 saturated heterocycles. The lowest BCUT2D eigenvalue weighted by Crippen LogP contribution is -2.14. The van der Waals surface area contributed by atoms with E-state index in [0.29, 0.717) is 15.4 Å². The van der Waals surface area contributed by atoms with Gasteiger partial charge in [0.25, 0.3) is 10.0 Å². The normalized spacial score (nSPS) is 15.3. The lowest BCUT2D eigenvalue weighted by molar-refractivity contribution is 0.603. The molecule has 1 saturated carbocycles. The van der Waals surface area contributed by atoms with Gasteiger partial charge in [-0.3, -0.25) is 4.72 Å². The largest absolute Gasteiger partial charge is 0.309 e. The number of aryl methyl sites for hydroxylation is 2. The molecule has 1 aliphatic carbocycles. The number of anilines is 1. The molecule has 21 heavy (non-hydrogen) atoms. The van der Waals surface area contributed by atoms with Crippen molar-refractivity contribution in [3.05, 3.63) is 27.6 Å². The average Bonchev–Trinajstić information content (AvgIpc) is 3.01. The van der Waals surface area contributed by atoms with E-state index in [9.17, 15) is 8.42 Å². The quantitative estimate of drug-likeness (QED) is 0.846. The lowest BCUT2D eigenvalue weighted by Gasteiger charge is -2.02. The van der Waals surface area contributed by atoms with E-state index in [2.05, 4.69) is 15.0 Å². The highest BCUT2D eigenvalue weighted by Crippen LogP contribution is 2.28. The Morgan fingerprint density at radius 2 is 2.05 bits per heavy atom. The topological polar surface area (TPSA) is 71.1 Å². The van der Waals surface area contributed by atoms with Crippen molar-refractivity contribution in [3.8, 4) is 0 Å². The van der Waals surface area contributed by atoms with Crippen LogP contribution in [-0.4, -0.2) is 19.4 Å². The zero-order chi connectivity index (χ0) is 15.0. The Morgan fingerprint density at radius 3 is 2.67 bits per heavy atom. The Morgan fingerprint density at radius 1 is 1.29 bits per heavy atom. The second-order valence-corrected chi connectivity index (χ2v) is 9.42. The molecular formula is C13H17N3O2S3. The number of nitrogens with zero attached hydrogens (tertiary/aromatic N) is 1. The molecule has 0 bridgehead atoms. The van der Waals surface area contributed by atoms with Crippen LogP contribution in [0.15, 0.2) is 16.3 Å². The molecule has 0 radical (unpaired) electrons. The lowest BCUT2D eigenvalue weighted by atomic mass is 10.4. The molecule has 0 aliphatic heterocycles. The maximum Gasteiger partial charge on any atom is 0.273 e. The second kappa shape index (κ2) is 5.68. The van der Waals surface area contributed by atoms with Crippen molar-refractivity contribution < 1.29 is 8.42 Å². The van der Waals surface area contributed by atoms with Gasteiger partial charge < -0.3 is 5.32 Å². The van der Waals surface area contributed by atoms with Gasteiger partial charge >= 0.3 is 0 Å². The summed E-state index contributed by atoms with van der Waals surface area (Å²) in [6.07, 6.45) is 2.45. The van der Waals surface area contributed by atoms with E-state index in [1.165, 1.54) is 35.5 Å². The molecule has 2 N–H and O–H groups in total. The van der Waals surface area contributed by atoms with Crippen molar-refractivity contribution in [3.63, 3.8) is 0 Å². The van der Waals surface area contributed by atoms with Crippen LogP contribution in [0, 0.1) is 13.8 Å². The number of hydrogen-bond donors (Lipinski definition) is 2. The van der Waals surface area contributed by atoms with E-state index in [4.69, 9.17) is 0 Å². The van der Waals surface area contributed by atoms with Gasteiger partial charge in [0.1, 0.15) is 4.21 Å². The summed E-state index contributed by atoms with van der Waals surface area (Å²) >= 11 is 2.66. The molecule has 2 heterocycles.